The molecule has 18 heteroatoms. The van der Waals surface area contributed by atoms with Gasteiger partial charge in [0.2, 0.25) is 0 Å². The molecule has 4 heterocycles. The molecular formula is C13H17N7O9P2. The van der Waals surface area contributed by atoms with Crippen LogP contribution in [0, 0.1) is 0 Å². The highest BCUT2D eigenvalue weighted by Crippen LogP contribution is 2.60. The molecule has 3 unspecified atom stereocenters. The summed E-state index contributed by atoms with van der Waals surface area (Å²) in [6, 6.07) is 0. The predicted octanol–water partition coefficient (Wildman–Crippen LogP) is -0.994. The molecule has 1 aliphatic heterocycles. The number of nitrogen functional groups attached to an aromatic ring is 1. The number of nitrogens with zero attached hydrogens (tertiary/aromatic N) is 6. The van der Waals surface area contributed by atoms with Crippen molar-refractivity contribution in [1.82, 2.24) is 28.8 Å². The lowest BCUT2D eigenvalue weighted by atomic mass is 10.1. The van der Waals surface area contributed by atoms with Crippen LogP contribution in [-0.4, -0.2) is 73.8 Å². The zero-order chi connectivity index (χ0) is 22.4. The number of nitrogens with two attached hydrogens (primary N) is 1. The molecule has 0 spiro atoms. The van der Waals surface area contributed by atoms with E-state index in [0.717, 1.165) is 18.7 Å². The van der Waals surface area contributed by atoms with E-state index in [2.05, 4.69) is 24.2 Å². The second-order valence-electron chi connectivity index (χ2n) is 6.41. The van der Waals surface area contributed by atoms with Gasteiger partial charge in [-0.3, -0.25) is 9.09 Å². The molecule has 16 nitrogen and oxygen atoms in total. The van der Waals surface area contributed by atoms with Crippen molar-refractivity contribution in [1.29, 1.82) is 0 Å². The minimum atomic E-state index is -5.07. The summed E-state index contributed by atoms with van der Waals surface area (Å²) >= 11 is 0. The number of phosphoric ester groups is 1. The first-order valence-electron chi connectivity index (χ1n) is 8.54. The van der Waals surface area contributed by atoms with Crippen LogP contribution in [0.15, 0.2) is 31.4 Å². The second-order valence-corrected chi connectivity index (χ2v) is 9.70. The number of phosphoric acid groups is 1. The van der Waals surface area contributed by atoms with Crippen LogP contribution >= 0.6 is 15.6 Å². The Kier molecular flexibility index (Phi) is 5.68. The number of aliphatic hydroxyl groups excluding tert-OH is 2. The van der Waals surface area contributed by atoms with Gasteiger partial charge in [-0.25, -0.2) is 33.4 Å². The summed E-state index contributed by atoms with van der Waals surface area (Å²) in [5.41, 5.74) is 6.19. The third kappa shape index (κ3) is 4.25. The van der Waals surface area contributed by atoms with Gasteiger partial charge in [-0.15, -0.1) is 0 Å². The zero-order valence-corrected chi connectivity index (χ0v) is 17.2. The van der Waals surface area contributed by atoms with E-state index in [1.807, 2.05) is 0 Å². The molecule has 168 valence electrons. The number of hydrogen-bond acceptors (Lipinski definition) is 12. The standard InChI is InChI=1S/C13H17N7O9P2/c14-11-8-12(17-4-16-11)20(6-18-8)13-10(22)9(21)7(28-13)3-27-31(25,26)29-30(23,24)19-2-1-15-5-19/h1-2,4-7,9-10,13,21-22H,3H2,(H,23,24)(H,25,26)(H2,14,16,17)/t7-,9?,10+,13-/m1/s1. The molecule has 3 aromatic rings. The molecule has 0 radical (unpaired) electrons. The van der Waals surface area contributed by atoms with Crippen LogP contribution in [0.25, 0.3) is 11.2 Å². The Morgan fingerprint density at radius 2 is 1.94 bits per heavy atom. The van der Waals surface area contributed by atoms with E-state index in [1.54, 1.807) is 0 Å². The van der Waals surface area contributed by atoms with Gasteiger partial charge in [0, 0.05) is 12.4 Å². The third-order valence-corrected chi connectivity index (χ3v) is 7.36. The van der Waals surface area contributed by atoms with Crippen molar-refractivity contribution < 1.29 is 42.7 Å². The van der Waals surface area contributed by atoms with E-state index in [1.165, 1.54) is 17.2 Å². The number of rotatable bonds is 7. The number of imidazole rings is 2. The highest BCUT2D eigenvalue weighted by molar-refractivity contribution is 7.63. The lowest BCUT2D eigenvalue weighted by Crippen LogP contribution is -2.33. The van der Waals surface area contributed by atoms with E-state index in [9.17, 15) is 29.1 Å². The van der Waals surface area contributed by atoms with Crippen LogP contribution in [-0.2, 0) is 22.7 Å². The van der Waals surface area contributed by atoms with Gasteiger partial charge in [-0.1, -0.05) is 0 Å². The van der Waals surface area contributed by atoms with Crippen molar-refractivity contribution in [3.8, 4) is 0 Å². The number of aromatic nitrogens is 6. The topological polar surface area (TPSA) is 230 Å². The summed E-state index contributed by atoms with van der Waals surface area (Å²) in [5.74, 6) is 0.0985. The van der Waals surface area contributed by atoms with Crippen molar-refractivity contribution in [3.05, 3.63) is 31.4 Å². The summed E-state index contributed by atoms with van der Waals surface area (Å²) in [4.78, 5) is 34.9. The maximum absolute atomic E-state index is 12.1. The Balaban J connectivity index is 1.45. The number of anilines is 1. The largest absolute Gasteiger partial charge is 0.480 e. The molecule has 1 fully saturated rings. The van der Waals surface area contributed by atoms with Gasteiger partial charge in [0.05, 0.1) is 12.9 Å². The molecule has 1 aliphatic rings. The zero-order valence-electron chi connectivity index (χ0n) is 15.4. The molecule has 0 aromatic carbocycles. The van der Waals surface area contributed by atoms with Gasteiger partial charge in [-0.2, -0.15) is 4.31 Å². The number of ether oxygens (including phenoxy) is 1. The smallest absolute Gasteiger partial charge is 0.387 e. The summed E-state index contributed by atoms with van der Waals surface area (Å²) in [6.07, 6.45) is 0.0662. The first-order valence-corrected chi connectivity index (χ1v) is 11.6. The molecule has 0 amide bonds. The number of fused-ring (bicyclic) bond motifs is 1. The Morgan fingerprint density at radius 1 is 1.16 bits per heavy atom. The number of hydrogen-bond donors (Lipinski definition) is 5. The van der Waals surface area contributed by atoms with Crippen LogP contribution in [0.5, 0.6) is 0 Å². The van der Waals surface area contributed by atoms with E-state index < -0.39 is 46.7 Å². The Bertz CT molecular complexity index is 1170. The summed E-state index contributed by atoms with van der Waals surface area (Å²) in [5, 5.41) is 20.6. The highest BCUT2D eigenvalue weighted by Gasteiger charge is 2.46. The summed E-state index contributed by atoms with van der Waals surface area (Å²) < 4.78 is 40.6. The van der Waals surface area contributed by atoms with Crippen molar-refractivity contribution >= 4 is 32.6 Å². The van der Waals surface area contributed by atoms with E-state index >= 15 is 0 Å². The van der Waals surface area contributed by atoms with E-state index in [-0.39, 0.29) is 17.0 Å². The molecular weight excluding hydrogens is 460 g/mol. The molecule has 6 N–H and O–H groups in total. The summed E-state index contributed by atoms with van der Waals surface area (Å²) in [6.45, 7) is -0.754. The SMILES string of the molecule is Nc1ncnc2c1ncn2[C@@H]1O[C@H](COP(=O)(O)OP(=O)(O)n2ccnc2)C(O)[C@@H]1O. The lowest BCUT2D eigenvalue weighted by molar-refractivity contribution is -0.0502. The van der Waals surface area contributed by atoms with Gasteiger partial charge >= 0.3 is 15.6 Å². The molecule has 0 saturated carbocycles. The van der Waals surface area contributed by atoms with Gasteiger partial charge in [0.1, 0.15) is 36.5 Å². The molecule has 4 rings (SSSR count). The maximum Gasteiger partial charge on any atom is 0.480 e. The van der Waals surface area contributed by atoms with E-state index in [0.29, 0.717) is 4.34 Å². The normalized spacial score (nSPS) is 27.9. The monoisotopic (exact) mass is 477 g/mol. The molecule has 0 aliphatic carbocycles. The van der Waals surface area contributed by atoms with Crippen molar-refractivity contribution in [2.45, 2.75) is 24.5 Å². The van der Waals surface area contributed by atoms with Crippen molar-refractivity contribution in [3.63, 3.8) is 0 Å². The predicted molar refractivity (Wildman–Crippen MR) is 100.0 cm³/mol. The van der Waals surface area contributed by atoms with Gasteiger partial charge in [-0.05, 0) is 0 Å². The van der Waals surface area contributed by atoms with Crippen LogP contribution in [0.4, 0.5) is 5.82 Å². The molecule has 1 saturated heterocycles. The molecule has 6 atom stereocenters. The summed E-state index contributed by atoms with van der Waals surface area (Å²) in [7, 11) is -9.84. The highest BCUT2D eigenvalue weighted by atomic mass is 31.3. The average Bonchev–Trinajstić information content (AvgIpc) is 3.42. The molecule has 3 aromatic heterocycles. The number of aliphatic hydroxyl groups is 2. The Hall–Kier alpha value is -2.26. The minimum absolute atomic E-state index is 0.0985. The first-order chi connectivity index (χ1) is 14.6. The van der Waals surface area contributed by atoms with Gasteiger partial charge < -0.3 is 30.5 Å². The third-order valence-electron chi connectivity index (χ3n) is 4.39. The minimum Gasteiger partial charge on any atom is -0.387 e. The fourth-order valence-corrected chi connectivity index (χ4v) is 5.28. The fraction of sp³-hybridized carbons (Fsp3) is 0.385. The Morgan fingerprint density at radius 3 is 2.65 bits per heavy atom. The van der Waals surface area contributed by atoms with Crippen LogP contribution in [0.1, 0.15) is 6.23 Å². The van der Waals surface area contributed by atoms with Crippen LogP contribution < -0.4 is 5.73 Å². The first kappa shape index (κ1) is 22.0. The van der Waals surface area contributed by atoms with E-state index in [4.69, 9.17) is 15.0 Å². The maximum atomic E-state index is 12.1. The fourth-order valence-electron chi connectivity index (χ4n) is 2.92. The van der Waals surface area contributed by atoms with Gasteiger partial charge in [0.15, 0.2) is 17.7 Å². The van der Waals surface area contributed by atoms with Crippen molar-refractivity contribution in [2.75, 3.05) is 12.3 Å². The van der Waals surface area contributed by atoms with Gasteiger partial charge in [0.25, 0.3) is 0 Å². The Labute approximate surface area is 173 Å². The average molecular weight is 477 g/mol. The molecule has 0 bridgehead atoms. The lowest BCUT2D eigenvalue weighted by Gasteiger charge is -2.19. The second kappa shape index (κ2) is 8.02. The van der Waals surface area contributed by atoms with Crippen molar-refractivity contribution in [2.24, 2.45) is 0 Å². The molecule has 31 heavy (non-hydrogen) atoms. The van der Waals surface area contributed by atoms with Crippen LogP contribution in [0.3, 0.4) is 0 Å². The quantitative estimate of drug-likeness (QED) is 0.257. The van der Waals surface area contributed by atoms with Crippen LogP contribution in [0.2, 0.25) is 0 Å².